The van der Waals surface area contributed by atoms with Crippen molar-refractivity contribution in [3.8, 4) is 0 Å². The smallest absolute Gasteiger partial charge is 0.103 e. The molecular weight excluding hydrogens is 188 g/mol. The Morgan fingerprint density at radius 2 is 2.53 bits per heavy atom. The van der Waals surface area contributed by atoms with Crippen LogP contribution in [-0.4, -0.2) is 41.5 Å². The lowest BCUT2D eigenvalue weighted by Crippen LogP contribution is -2.24. The number of aryl methyl sites for hydroxylation is 1. The van der Waals surface area contributed by atoms with Gasteiger partial charge in [-0.15, -0.1) is 0 Å². The Morgan fingerprint density at radius 3 is 3.13 bits per heavy atom. The average molecular weight is 208 g/mol. The van der Waals surface area contributed by atoms with Crippen LogP contribution in [0.4, 0.5) is 0 Å². The average Bonchev–Trinajstić information content (AvgIpc) is 2.76. The van der Waals surface area contributed by atoms with E-state index >= 15 is 0 Å². The van der Waals surface area contributed by atoms with Gasteiger partial charge in [0.05, 0.1) is 0 Å². The van der Waals surface area contributed by atoms with Crippen molar-refractivity contribution in [2.24, 2.45) is 5.92 Å². The van der Waals surface area contributed by atoms with Gasteiger partial charge in [0, 0.05) is 25.0 Å². The molecule has 1 aliphatic heterocycles. The Bertz CT molecular complexity index is 307. The topological polar surface area (TPSA) is 44.0 Å². The number of hydrogen-bond donors (Lipinski definition) is 2. The molecule has 1 atom stereocenters. The molecule has 84 valence electrons. The van der Waals surface area contributed by atoms with E-state index in [4.69, 9.17) is 0 Å². The Kier molecular flexibility index (Phi) is 3.38. The van der Waals surface area contributed by atoms with E-state index in [2.05, 4.69) is 27.2 Å². The van der Waals surface area contributed by atoms with Crippen molar-refractivity contribution in [2.45, 2.75) is 19.9 Å². The summed E-state index contributed by atoms with van der Waals surface area (Å²) in [6.07, 6.45) is 3.23. The Labute approximate surface area is 91.1 Å². The summed E-state index contributed by atoms with van der Waals surface area (Å²) < 4.78 is 0. The zero-order valence-electron chi connectivity index (χ0n) is 9.58. The predicted octanol–water partition coefficient (Wildman–Crippen LogP) is 0.759. The Hall–Kier alpha value is -0.870. The monoisotopic (exact) mass is 208 g/mol. The fourth-order valence-corrected chi connectivity index (χ4v) is 2.17. The maximum Gasteiger partial charge on any atom is 0.103 e. The summed E-state index contributed by atoms with van der Waals surface area (Å²) in [6.45, 7) is 6.48. The van der Waals surface area contributed by atoms with Crippen LogP contribution in [0.1, 0.15) is 17.9 Å². The van der Waals surface area contributed by atoms with Gasteiger partial charge in [-0.25, -0.2) is 4.98 Å². The van der Waals surface area contributed by atoms with Crippen molar-refractivity contribution in [1.82, 2.24) is 20.2 Å². The second kappa shape index (κ2) is 4.77. The number of hydrogen-bond acceptors (Lipinski definition) is 3. The van der Waals surface area contributed by atoms with E-state index in [0.29, 0.717) is 0 Å². The standard InChI is InChI=1S/C11H20N4/c1-9-13-7-11(14-9)6-12-5-10-3-4-15(2)8-10/h7,10,12H,3-6,8H2,1-2H3,(H,13,14). The fourth-order valence-electron chi connectivity index (χ4n) is 2.17. The van der Waals surface area contributed by atoms with E-state index in [1.54, 1.807) is 0 Å². The van der Waals surface area contributed by atoms with Crippen molar-refractivity contribution in [2.75, 3.05) is 26.7 Å². The van der Waals surface area contributed by atoms with Crippen LogP contribution < -0.4 is 5.32 Å². The predicted molar refractivity (Wildman–Crippen MR) is 60.6 cm³/mol. The lowest BCUT2D eigenvalue weighted by atomic mass is 10.1. The molecular formula is C11H20N4. The maximum atomic E-state index is 4.18. The van der Waals surface area contributed by atoms with Gasteiger partial charge in [-0.1, -0.05) is 0 Å². The minimum Gasteiger partial charge on any atom is -0.345 e. The molecule has 0 saturated carbocycles. The molecule has 1 aliphatic rings. The molecule has 4 heteroatoms. The van der Waals surface area contributed by atoms with Gasteiger partial charge in [0.2, 0.25) is 0 Å². The number of nitrogens with one attached hydrogen (secondary N) is 2. The number of aromatic amines is 1. The van der Waals surface area contributed by atoms with Crippen molar-refractivity contribution in [3.05, 3.63) is 17.7 Å². The molecule has 2 heterocycles. The first-order chi connectivity index (χ1) is 7.24. The fraction of sp³-hybridized carbons (Fsp3) is 0.727. The molecule has 0 amide bonds. The minimum atomic E-state index is 0.819. The van der Waals surface area contributed by atoms with Crippen LogP contribution in [0.3, 0.4) is 0 Å². The van der Waals surface area contributed by atoms with Gasteiger partial charge in [-0.05, 0) is 39.4 Å². The van der Waals surface area contributed by atoms with Crippen molar-refractivity contribution < 1.29 is 0 Å². The zero-order chi connectivity index (χ0) is 10.7. The lowest BCUT2D eigenvalue weighted by Gasteiger charge is -2.10. The molecule has 0 aromatic carbocycles. The first-order valence-corrected chi connectivity index (χ1v) is 5.64. The van der Waals surface area contributed by atoms with Crippen LogP contribution in [-0.2, 0) is 6.54 Å². The third-order valence-electron chi connectivity index (χ3n) is 2.99. The van der Waals surface area contributed by atoms with E-state index in [1.807, 2.05) is 13.1 Å². The molecule has 15 heavy (non-hydrogen) atoms. The lowest BCUT2D eigenvalue weighted by molar-refractivity contribution is 0.388. The highest BCUT2D eigenvalue weighted by molar-refractivity contribution is 4.99. The van der Waals surface area contributed by atoms with Crippen molar-refractivity contribution in [1.29, 1.82) is 0 Å². The third kappa shape index (κ3) is 3.04. The summed E-state index contributed by atoms with van der Waals surface area (Å²) in [5, 5.41) is 3.48. The number of rotatable bonds is 4. The van der Waals surface area contributed by atoms with Gasteiger partial charge < -0.3 is 15.2 Å². The second-order valence-corrected chi connectivity index (χ2v) is 4.54. The highest BCUT2D eigenvalue weighted by Crippen LogP contribution is 2.12. The highest BCUT2D eigenvalue weighted by atomic mass is 15.1. The largest absolute Gasteiger partial charge is 0.345 e. The van der Waals surface area contributed by atoms with E-state index < -0.39 is 0 Å². The molecule has 1 aromatic rings. The summed E-state index contributed by atoms with van der Waals surface area (Å²) in [5.74, 6) is 1.81. The summed E-state index contributed by atoms with van der Waals surface area (Å²) in [7, 11) is 2.19. The molecule has 0 aliphatic carbocycles. The second-order valence-electron chi connectivity index (χ2n) is 4.54. The Morgan fingerprint density at radius 1 is 1.67 bits per heavy atom. The molecule has 0 radical (unpaired) electrons. The van der Waals surface area contributed by atoms with Crippen LogP contribution in [0.2, 0.25) is 0 Å². The number of aromatic nitrogens is 2. The normalized spacial score (nSPS) is 22.4. The molecule has 1 aromatic heterocycles. The van der Waals surface area contributed by atoms with E-state index in [-0.39, 0.29) is 0 Å². The SMILES string of the molecule is Cc1ncc(CNCC2CCN(C)C2)[nH]1. The quantitative estimate of drug-likeness (QED) is 0.768. The number of nitrogens with zero attached hydrogens (tertiary/aromatic N) is 2. The number of H-pyrrole nitrogens is 1. The van der Waals surface area contributed by atoms with Gasteiger partial charge >= 0.3 is 0 Å². The molecule has 1 unspecified atom stereocenters. The van der Waals surface area contributed by atoms with Gasteiger partial charge in [-0.3, -0.25) is 0 Å². The summed E-state index contributed by atoms with van der Waals surface area (Å²) in [6, 6.07) is 0. The van der Waals surface area contributed by atoms with Gasteiger partial charge in [0.1, 0.15) is 5.82 Å². The first-order valence-electron chi connectivity index (χ1n) is 5.64. The van der Waals surface area contributed by atoms with E-state index in [0.717, 1.165) is 24.8 Å². The first kappa shape index (κ1) is 10.6. The number of likely N-dealkylation sites (tertiary alicyclic amines) is 1. The molecule has 1 fully saturated rings. The van der Waals surface area contributed by atoms with E-state index in [9.17, 15) is 0 Å². The molecule has 2 N–H and O–H groups in total. The molecule has 1 saturated heterocycles. The molecule has 2 rings (SSSR count). The van der Waals surface area contributed by atoms with Crippen LogP contribution in [0.15, 0.2) is 6.20 Å². The number of imidazole rings is 1. The summed E-state index contributed by atoms with van der Waals surface area (Å²) in [4.78, 5) is 9.80. The molecule has 0 bridgehead atoms. The van der Waals surface area contributed by atoms with Crippen molar-refractivity contribution in [3.63, 3.8) is 0 Å². The van der Waals surface area contributed by atoms with Crippen molar-refractivity contribution >= 4 is 0 Å². The molecule has 4 nitrogen and oxygen atoms in total. The maximum absolute atomic E-state index is 4.18. The minimum absolute atomic E-state index is 0.819. The van der Waals surface area contributed by atoms with E-state index in [1.165, 1.54) is 25.2 Å². The highest BCUT2D eigenvalue weighted by Gasteiger charge is 2.18. The van der Waals surface area contributed by atoms with Gasteiger partial charge in [0.15, 0.2) is 0 Å². The van der Waals surface area contributed by atoms with Gasteiger partial charge in [0.25, 0.3) is 0 Å². The third-order valence-corrected chi connectivity index (χ3v) is 2.99. The zero-order valence-corrected chi connectivity index (χ0v) is 9.58. The van der Waals surface area contributed by atoms with Crippen LogP contribution >= 0.6 is 0 Å². The molecule has 0 spiro atoms. The van der Waals surface area contributed by atoms with Crippen LogP contribution in [0.25, 0.3) is 0 Å². The van der Waals surface area contributed by atoms with Gasteiger partial charge in [-0.2, -0.15) is 0 Å². The van der Waals surface area contributed by atoms with Crippen LogP contribution in [0, 0.1) is 12.8 Å². The Balaban J connectivity index is 1.67. The summed E-state index contributed by atoms with van der Waals surface area (Å²) >= 11 is 0. The van der Waals surface area contributed by atoms with Crippen LogP contribution in [0.5, 0.6) is 0 Å². The summed E-state index contributed by atoms with van der Waals surface area (Å²) in [5.41, 5.74) is 1.18.